The second-order valence-electron chi connectivity index (χ2n) is 4.62. The summed E-state index contributed by atoms with van der Waals surface area (Å²) in [5.74, 6) is 2.46. The summed E-state index contributed by atoms with van der Waals surface area (Å²) < 4.78 is 0. The molecule has 0 fully saturated rings. The SMILES string of the molecule is CCCNc1cncc(N(CC)CC(C)C)n1. The summed E-state index contributed by atoms with van der Waals surface area (Å²) in [6.45, 7) is 11.6. The van der Waals surface area contributed by atoms with Crippen LogP contribution in [0.15, 0.2) is 12.4 Å². The molecule has 0 aliphatic rings. The summed E-state index contributed by atoms with van der Waals surface area (Å²) in [6, 6.07) is 0. The Kier molecular flexibility index (Phi) is 5.73. The average Bonchev–Trinajstić information content (AvgIpc) is 2.33. The molecule has 0 aliphatic carbocycles. The van der Waals surface area contributed by atoms with Crippen molar-refractivity contribution in [3.63, 3.8) is 0 Å². The molecule has 0 saturated heterocycles. The van der Waals surface area contributed by atoms with Crippen molar-refractivity contribution in [2.45, 2.75) is 34.1 Å². The van der Waals surface area contributed by atoms with Crippen molar-refractivity contribution in [1.82, 2.24) is 9.97 Å². The molecule has 0 aromatic carbocycles. The van der Waals surface area contributed by atoms with E-state index >= 15 is 0 Å². The topological polar surface area (TPSA) is 41.1 Å². The van der Waals surface area contributed by atoms with Crippen molar-refractivity contribution >= 4 is 11.6 Å². The molecule has 1 rings (SSSR count). The van der Waals surface area contributed by atoms with Gasteiger partial charge in [0, 0.05) is 19.6 Å². The van der Waals surface area contributed by atoms with Crippen LogP contribution in [-0.2, 0) is 0 Å². The van der Waals surface area contributed by atoms with E-state index in [1.54, 1.807) is 6.20 Å². The molecular formula is C13H24N4. The summed E-state index contributed by atoms with van der Waals surface area (Å²) in [6.07, 6.45) is 4.71. The first-order chi connectivity index (χ1) is 8.17. The second-order valence-corrected chi connectivity index (χ2v) is 4.62. The van der Waals surface area contributed by atoms with Gasteiger partial charge in [0.1, 0.15) is 11.6 Å². The second kappa shape index (κ2) is 7.09. The highest BCUT2D eigenvalue weighted by atomic mass is 15.2. The van der Waals surface area contributed by atoms with Crippen LogP contribution in [0.1, 0.15) is 34.1 Å². The molecule has 1 aromatic rings. The quantitative estimate of drug-likeness (QED) is 0.790. The van der Waals surface area contributed by atoms with Gasteiger partial charge >= 0.3 is 0 Å². The van der Waals surface area contributed by atoms with Gasteiger partial charge < -0.3 is 10.2 Å². The van der Waals surface area contributed by atoms with Crippen LogP contribution < -0.4 is 10.2 Å². The molecule has 0 spiro atoms. The molecule has 1 heterocycles. The zero-order valence-electron chi connectivity index (χ0n) is 11.4. The Morgan fingerprint density at radius 2 is 2.06 bits per heavy atom. The number of aromatic nitrogens is 2. The van der Waals surface area contributed by atoms with Crippen LogP contribution in [0.2, 0.25) is 0 Å². The van der Waals surface area contributed by atoms with E-state index in [1.807, 2.05) is 6.20 Å². The lowest BCUT2D eigenvalue weighted by Crippen LogP contribution is -2.28. The van der Waals surface area contributed by atoms with Gasteiger partial charge in [-0.3, -0.25) is 4.98 Å². The molecule has 1 aromatic heterocycles. The predicted molar refractivity (Wildman–Crippen MR) is 73.5 cm³/mol. The van der Waals surface area contributed by atoms with Crippen LogP contribution >= 0.6 is 0 Å². The Balaban J connectivity index is 2.73. The van der Waals surface area contributed by atoms with E-state index in [0.717, 1.165) is 37.7 Å². The number of hydrogen-bond acceptors (Lipinski definition) is 4. The fourth-order valence-corrected chi connectivity index (χ4v) is 1.67. The van der Waals surface area contributed by atoms with Crippen LogP contribution in [0.3, 0.4) is 0 Å². The lowest BCUT2D eigenvalue weighted by molar-refractivity contribution is 0.614. The Bertz CT molecular complexity index is 325. The van der Waals surface area contributed by atoms with E-state index in [1.165, 1.54) is 0 Å². The smallest absolute Gasteiger partial charge is 0.149 e. The van der Waals surface area contributed by atoms with Gasteiger partial charge in [-0.25, -0.2) is 4.98 Å². The molecular weight excluding hydrogens is 212 g/mol. The lowest BCUT2D eigenvalue weighted by atomic mass is 10.2. The molecule has 0 radical (unpaired) electrons. The minimum atomic E-state index is 0.629. The molecule has 0 aliphatic heterocycles. The summed E-state index contributed by atoms with van der Waals surface area (Å²) in [7, 11) is 0. The van der Waals surface area contributed by atoms with E-state index in [2.05, 4.69) is 47.9 Å². The van der Waals surface area contributed by atoms with Crippen LogP contribution in [0.5, 0.6) is 0 Å². The molecule has 17 heavy (non-hydrogen) atoms. The Labute approximate surface area is 104 Å². The van der Waals surface area contributed by atoms with Crippen molar-refractivity contribution in [1.29, 1.82) is 0 Å². The number of hydrogen-bond donors (Lipinski definition) is 1. The minimum absolute atomic E-state index is 0.629. The van der Waals surface area contributed by atoms with E-state index in [-0.39, 0.29) is 0 Å². The van der Waals surface area contributed by atoms with Crippen molar-refractivity contribution < 1.29 is 0 Å². The summed E-state index contributed by atoms with van der Waals surface area (Å²) in [5, 5.41) is 3.27. The highest BCUT2D eigenvalue weighted by Crippen LogP contribution is 2.13. The highest BCUT2D eigenvalue weighted by Gasteiger charge is 2.08. The van der Waals surface area contributed by atoms with Gasteiger partial charge in [0.25, 0.3) is 0 Å². The largest absolute Gasteiger partial charge is 0.369 e. The molecule has 0 atom stereocenters. The van der Waals surface area contributed by atoms with Crippen molar-refractivity contribution in [3.05, 3.63) is 12.4 Å². The molecule has 0 saturated carbocycles. The standard InChI is InChI=1S/C13H24N4/c1-5-7-15-12-8-14-9-13(16-12)17(6-2)10-11(3)4/h8-9,11H,5-7,10H2,1-4H3,(H,15,16). The van der Waals surface area contributed by atoms with Gasteiger partial charge in [0.15, 0.2) is 0 Å². The molecule has 0 amide bonds. The number of nitrogens with one attached hydrogen (secondary N) is 1. The van der Waals surface area contributed by atoms with Crippen molar-refractivity contribution in [3.8, 4) is 0 Å². The van der Waals surface area contributed by atoms with Crippen LogP contribution in [0, 0.1) is 5.92 Å². The Hall–Kier alpha value is -1.32. The lowest BCUT2D eigenvalue weighted by Gasteiger charge is -2.23. The van der Waals surface area contributed by atoms with Crippen LogP contribution in [0.25, 0.3) is 0 Å². The van der Waals surface area contributed by atoms with E-state index < -0.39 is 0 Å². The third-order valence-corrected chi connectivity index (χ3v) is 2.47. The number of rotatable bonds is 7. The van der Waals surface area contributed by atoms with E-state index in [4.69, 9.17) is 0 Å². The molecule has 0 unspecified atom stereocenters. The van der Waals surface area contributed by atoms with Gasteiger partial charge in [-0.15, -0.1) is 0 Å². The number of nitrogens with zero attached hydrogens (tertiary/aromatic N) is 3. The molecule has 0 bridgehead atoms. The summed E-state index contributed by atoms with van der Waals surface area (Å²) in [4.78, 5) is 11.1. The Morgan fingerprint density at radius 3 is 2.65 bits per heavy atom. The van der Waals surface area contributed by atoms with Crippen LogP contribution in [-0.4, -0.2) is 29.6 Å². The van der Waals surface area contributed by atoms with Crippen molar-refractivity contribution in [2.24, 2.45) is 5.92 Å². The Morgan fingerprint density at radius 1 is 1.29 bits per heavy atom. The number of anilines is 2. The van der Waals surface area contributed by atoms with Gasteiger partial charge in [-0.05, 0) is 19.3 Å². The predicted octanol–water partition coefficient (Wildman–Crippen LogP) is 2.78. The third-order valence-electron chi connectivity index (χ3n) is 2.47. The van der Waals surface area contributed by atoms with E-state index in [0.29, 0.717) is 5.92 Å². The van der Waals surface area contributed by atoms with Crippen LogP contribution in [0.4, 0.5) is 11.6 Å². The normalized spacial score (nSPS) is 10.6. The maximum absolute atomic E-state index is 4.59. The molecule has 1 N–H and O–H groups in total. The maximum Gasteiger partial charge on any atom is 0.149 e. The van der Waals surface area contributed by atoms with Gasteiger partial charge in [-0.1, -0.05) is 20.8 Å². The zero-order valence-corrected chi connectivity index (χ0v) is 11.4. The maximum atomic E-state index is 4.59. The molecule has 4 nitrogen and oxygen atoms in total. The van der Waals surface area contributed by atoms with Gasteiger partial charge in [-0.2, -0.15) is 0 Å². The highest BCUT2D eigenvalue weighted by molar-refractivity contribution is 5.43. The zero-order chi connectivity index (χ0) is 12.7. The molecule has 4 heteroatoms. The minimum Gasteiger partial charge on any atom is -0.369 e. The summed E-state index contributed by atoms with van der Waals surface area (Å²) >= 11 is 0. The fourth-order valence-electron chi connectivity index (χ4n) is 1.67. The first kappa shape index (κ1) is 13.7. The third kappa shape index (κ3) is 4.59. The molecule has 96 valence electrons. The van der Waals surface area contributed by atoms with Crippen molar-refractivity contribution in [2.75, 3.05) is 29.9 Å². The van der Waals surface area contributed by atoms with Gasteiger partial charge in [0.05, 0.1) is 12.4 Å². The first-order valence-corrected chi connectivity index (χ1v) is 6.48. The average molecular weight is 236 g/mol. The summed E-state index contributed by atoms with van der Waals surface area (Å²) in [5.41, 5.74) is 0. The first-order valence-electron chi connectivity index (χ1n) is 6.48. The van der Waals surface area contributed by atoms with Gasteiger partial charge in [0.2, 0.25) is 0 Å². The van der Waals surface area contributed by atoms with E-state index in [9.17, 15) is 0 Å². The fraction of sp³-hybridized carbons (Fsp3) is 0.692. The monoisotopic (exact) mass is 236 g/mol.